The van der Waals surface area contributed by atoms with E-state index in [2.05, 4.69) is 4.74 Å². The summed E-state index contributed by atoms with van der Waals surface area (Å²) in [6.07, 6.45) is -2.64. The number of benzene rings is 1. The minimum Gasteiger partial charge on any atom is -0.469 e. The number of anilines is 2. The van der Waals surface area contributed by atoms with Crippen LogP contribution in [0.4, 0.5) is 24.5 Å². The molecule has 1 aromatic rings. The van der Waals surface area contributed by atoms with Crippen molar-refractivity contribution in [2.75, 3.05) is 36.5 Å². The molecule has 3 rings (SSSR count). The lowest BCUT2D eigenvalue weighted by atomic mass is 10.1. The highest BCUT2D eigenvalue weighted by Crippen LogP contribution is 2.40. The van der Waals surface area contributed by atoms with Gasteiger partial charge in [0, 0.05) is 26.1 Å². The van der Waals surface area contributed by atoms with Crippen LogP contribution in [0.15, 0.2) is 18.2 Å². The first-order chi connectivity index (χ1) is 11.8. The molecule has 2 saturated heterocycles. The van der Waals surface area contributed by atoms with Gasteiger partial charge in [-0.1, -0.05) is 0 Å². The third kappa shape index (κ3) is 3.43. The maximum Gasteiger partial charge on any atom is 0.416 e. The summed E-state index contributed by atoms with van der Waals surface area (Å²) in [6, 6.07) is 3.46. The van der Waals surface area contributed by atoms with E-state index in [1.54, 1.807) is 0 Å². The lowest BCUT2D eigenvalue weighted by Gasteiger charge is -2.27. The number of amides is 1. The Hall–Kier alpha value is -2.25. The Bertz CT molecular complexity index is 684. The smallest absolute Gasteiger partial charge is 0.416 e. The quantitative estimate of drug-likeness (QED) is 0.782. The minimum absolute atomic E-state index is 0.0354. The molecule has 2 fully saturated rings. The molecule has 1 atom stereocenters. The molecule has 0 bridgehead atoms. The molecule has 0 radical (unpaired) electrons. The topological polar surface area (TPSA) is 49.9 Å². The van der Waals surface area contributed by atoms with Crippen molar-refractivity contribution < 1.29 is 27.5 Å². The Balaban J connectivity index is 1.99. The first kappa shape index (κ1) is 17.6. The van der Waals surface area contributed by atoms with Crippen molar-refractivity contribution in [2.45, 2.75) is 25.4 Å². The summed E-state index contributed by atoms with van der Waals surface area (Å²) >= 11 is 0. The van der Waals surface area contributed by atoms with Gasteiger partial charge in [0.25, 0.3) is 0 Å². The predicted octanol–water partition coefficient (Wildman–Crippen LogP) is 2.83. The van der Waals surface area contributed by atoms with Crippen molar-refractivity contribution >= 4 is 23.3 Å². The summed E-state index contributed by atoms with van der Waals surface area (Å²) in [4.78, 5) is 27.3. The van der Waals surface area contributed by atoms with E-state index >= 15 is 0 Å². The number of ether oxygens (including phenoxy) is 1. The number of esters is 1. The molecule has 0 saturated carbocycles. The van der Waals surface area contributed by atoms with Gasteiger partial charge >= 0.3 is 12.1 Å². The lowest BCUT2D eigenvalue weighted by molar-refractivity contribution is -0.145. The number of halogens is 3. The van der Waals surface area contributed by atoms with Gasteiger partial charge < -0.3 is 14.5 Å². The van der Waals surface area contributed by atoms with E-state index in [0.717, 1.165) is 38.1 Å². The van der Waals surface area contributed by atoms with E-state index < -0.39 is 23.6 Å². The van der Waals surface area contributed by atoms with Gasteiger partial charge in [-0.3, -0.25) is 9.59 Å². The molecule has 136 valence electrons. The fraction of sp³-hybridized carbons (Fsp3) is 0.529. The zero-order chi connectivity index (χ0) is 18.2. The maximum absolute atomic E-state index is 13.1. The van der Waals surface area contributed by atoms with Crippen molar-refractivity contribution in [3.63, 3.8) is 0 Å². The van der Waals surface area contributed by atoms with Crippen LogP contribution in [0.25, 0.3) is 0 Å². The summed E-state index contributed by atoms with van der Waals surface area (Å²) in [6.45, 7) is 1.51. The van der Waals surface area contributed by atoms with Crippen LogP contribution in [0, 0.1) is 5.92 Å². The monoisotopic (exact) mass is 356 g/mol. The Morgan fingerprint density at radius 2 is 1.88 bits per heavy atom. The number of hydrogen-bond donors (Lipinski definition) is 0. The van der Waals surface area contributed by atoms with Crippen LogP contribution in [-0.2, 0) is 20.5 Å². The van der Waals surface area contributed by atoms with E-state index in [-0.39, 0.29) is 24.6 Å². The molecule has 0 aliphatic carbocycles. The molecule has 2 aliphatic heterocycles. The SMILES string of the molecule is COC(=O)[C@@H]1CC(=O)N(c2cc(C(F)(F)F)ccc2N2CCCC2)C1. The molecular weight excluding hydrogens is 337 g/mol. The molecule has 2 aliphatic rings. The zero-order valence-electron chi connectivity index (χ0n) is 13.8. The Labute approximate surface area is 143 Å². The highest BCUT2D eigenvalue weighted by atomic mass is 19.4. The maximum atomic E-state index is 13.1. The minimum atomic E-state index is -4.50. The molecule has 5 nitrogen and oxygen atoms in total. The normalized spacial score (nSPS) is 21.1. The van der Waals surface area contributed by atoms with Crippen LogP contribution in [-0.4, -0.2) is 38.6 Å². The van der Waals surface area contributed by atoms with Gasteiger partial charge in [0.1, 0.15) is 0 Å². The Morgan fingerprint density at radius 1 is 1.20 bits per heavy atom. The molecule has 8 heteroatoms. The summed E-state index contributed by atoms with van der Waals surface area (Å²) in [5.41, 5.74) is 0.0114. The van der Waals surface area contributed by atoms with Crippen LogP contribution in [0.2, 0.25) is 0 Å². The van der Waals surface area contributed by atoms with E-state index in [4.69, 9.17) is 0 Å². The van der Waals surface area contributed by atoms with Crippen molar-refractivity contribution in [2.24, 2.45) is 5.92 Å². The molecule has 1 aromatic carbocycles. The predicted molar refractivity (Wildman–Crippen MR) is 85.4 cm³/mol. The summed E-state index contributed by atoms with van der Waals surface area (Å²) < 4.78 is 44.1. The van der Waals surface area contributed by atoms with Crippen molar-refractivity contribution in [3.8, 4) is 0 Å². The van der Waals surface area contributed by atoms with Crippen LogP contribution in [0.1, 0.15) is 24.8 Å². The van der Waals surface area contributed by atoms with E-state index in [0.29, 0.717) is 5.69 Å². The highest BCUT2D eigenvalue weighted by Gasteiger charge is 2.39. The molecular formula is C17H19F3N2O3. The fourth-order valence-corrected chi connectivity index (χ4v) is 3.41. The second-order valence-corrected chi connectivity index (χ2v) is 6.32. The Kier molecular flexibility index (Phi) is 4.62. The number of carbonyl (C=O) groups is 2. The van der Waals surface area contributed by atoms with Gasteiger partial charge in [0.05, 0.1) is 30.0 Å². The van der Waals surface area contributed by atoms with Crippen LogP contribution in [0.5, 0.6) is 0 Å². The van der Waals surface area contributed by atoms with Gasteiger partial charge in [0.2, 0.25) is 5.91 Å². The van der Waals surface area contributed by atoms with E-state index in [1.165, 1.54) is 18.1 Å². The number of nitrogens with zero attached hydrogens (tertiary/aromatic N) is 2. The highest BCUT2D eigenvalue weighted by molar-refractivity contribution is 6.02. The number of alkyl halides is 3. The molecule has 1 amide bonds. The summed E-state index contributed by atoms with van der Waals surface area (Å²) in [5.74, 6) is -1.54. The number of methoxy groups -OCH3 is 1. The van der Waals surface area contributed by atoms with Gasteiger partial charge in [0.15, 0.2) is 0 Å². The average Bonchev–Trinajstić information content (AvgIpc) is 3.22. The molecule has 2 heterocycles. The largest absolute Gasteiger partial charge is 0.469 e. The van der Waals surface area contributed by atoms with Crippen molar-refractivity contribution in [1.82, 2.24) is 0 Å². The van der Waals surface area contributed by atoms with Crippen LogP contribution in [0.3, 0.4) is 0 Å². The number of rotatable bonds is 3. The zero-order valence-corrected chi connectivity index (χ0v) is 13.8. The Morgan fingerprint density at radius 3 is 2.48 bits per heavy atom. The summed E-state index contributed by atoms with van der Waals surface area (Å²) in [5, 5.41) is 0. The number of hydrogen-bond acceptors (Lipinski definition) is 4. The van der Waals surface area contributed by atoms with Crippen LogP contribution < -0.4 is 9.80 Å². The standard InChI is InChI=1S/C17H19F3N2O3/c1-25-16(24)11-8-15(23)22(10-11)14-9-12(17(18,19)20)4-5-13(14)21-6-2-3-7-21/h4-5,9,11H,2-3,6-8,10H2,1H3/t11-/m1/s1. The first-order valence-corrected chi connectivity index (χ1v) is 8.15. The molecule has 0 N–H and O–H groups in total. The molecule has 0 aromatic heterocycles. The second kappa shape index (κ2) is 6.57. The van der Waals surface area contributed by atoms with E-state index in [9.17, 15) is 22.8 Å². The van der Waals surface area contributed by atoms with Gasteiger partial charge in [-0.25, -0.2) is 0 Å². The third-order valence-electron chi connectivity index (χ3n) is 4.70. The molecule has 0 spiro atoms. The molecule has 0 unspecified atom stereocenters. The van der Waals surface area contributed by atoms with Gasteiger partial charge in [-0.15, -0.1) is 0 Å². The lowest BCUT2D eigenvalue weighted by Crippen LogP contribution is -2.29. The number of carbonyl (C=O) groups excluding carboxylic acids is 2. The second-order valence-electron chi connectivity index (χ2n) is 6.32. The average molecular weight is 356 g/mol. The summed E-state index contributed by atoms with van der Waals surface area (Å²) in [7, 11) is 1.23. The van der Waals surface area contributed by atoms with Crippen molar-refractivity contribution in [3.05, 3.63) is 23.8 Å². The van der Waals surface area contributed by atoms with Crippen LogP contribution >= 0.6 is 0 Å². The van der Waals surface area contributed by atoms with E-state index in [1.807, 2.05) is 4.90 Å². The van der Waals surface area contributed by atoms with Gasteiger partial charge in [-0.05, 0) is 31.0 Å². The van der Waals surface area contributed by atoms with Gasteiger partial charge in [-0.2, -0.15) is 13.2 Å². The first-order valence-electron chi connectivity index (χ1n) is 8.15. The molecule has 25 heavy (non-hydrogen) atoms. The van der Waals surface area contributed by atoms with Crippen molar-refractivity contribution in [1.29, 1.82) is 0 Å². The third-order valence-corrected chi connectivity index (χ3v) is 4.70. The fourth-order valence-electron chi connectivity index (χ4n) is 3.41.